The molecule has 0 aromatic rings. The minimum Gasteiger partial charge on any atom is -0.459 e. The quantitative estimate of drug-likeness (QED) is 0.0744. The lowest BCUT2D eigenvalue weighted by atomic mass is 10.00. The molecule has 0 aromatic carbocycles. The van der Waals surface area contributed by atoms with Crippen LogP contribution in [0.1, 0.15) is 110 Å². The third kappa shape index (κ3) is 19.9. The molecule has 1 amide bonds. The van der Waals surface area contributed by atoms with Crippen LogP contribution >= 0.6 is 0 Å². The van der Waals surface area contributed by atoms with Gasteiger partial charge in [-0.25, -0.2) is 0 Å². The average Bonchev–Trinajstić information content (AvgIpc) is 2.80. The largest absolute Gasteiger partial charge is 0.459 e. The molecule has 0 aliphatic heterocycles. The molecule has 214 valence electrons. The standard InChI is InChI=1S/C25H49NO9S/c1-3-5-8-12-20(27)13-9-7-10-14-21(28)15-11-16-22(35-23(29)17-6-4-2)24(30)25(31)26-18-19-36(32,33)34/h20-22,24,27-28,30H,3-19H2,1-2H3,(H,26,31)(H,32,33,34)/t20-,21+,22+,24-/m0/s1. The Morgan fingerprint density at radius 3 is 1.83 bits per heavy atom. The SMILES string of the molecule is CCCCC[C@H](O)CCCCC[C@@H](O)CCC[C@@H](OC(=O)CCCC)[C@H](O)C(=O)NCCS(=O)(=O)O. The second-order valence-corrected chi connectivity index (χ2v) is 11.1. The van der Waals surface area contributed by atoms with E-state index in [0.29, 0.717) is 25.7 Å². The first-order valence-electron chi connectivity index (χ1n) is 13.5. The number of aliphatic hydroxyl groups is 3. The zero-order valence-electron chi connectivity index (χ0n) is 22.1. The molecule has 11 heteroatoms. The fourth-order valence-corrected chi connectivity index (χ4v) is 4.18. The second-order valence-electron chi connectivity index (χ2n) is 9.53. The lowest BCUT2D eigenvalue weighted by Crippen LogP contribution is -2.45. The smallest absolute Gasteiger partial charge is 0.306 e. The number of carbonyl (C=O) groups excluding carboxylic acids is 2. The molecular weight excluding hydrogens is 490 g/mol. The first-order chi connectivity index (χ1) is 17.0. The molecule has 0 rings (SSSR count). The molecule has 0 heterocycles. The van der Waals surface area contributed by atoms with E-state index in [2.05, 4.69) is 12.2 Å². The highest BCUT2D eigenvalue weighted by Crippen LogP contribution is 2.17. The number of amides is 1. The predicted octanol–water partition coefficient (Wildman–Crippen LogP) is 2.88. The number of esters is 1. The lowest BCUT2D eigenvalue weighted by molar-refractivity contribution is -0.159. The van der Waals surface area contributed by atoms with Gasteiger partial charge in [0.05, 0.1) is 18.0 Å². The van der Waals surface area contributed by atoms with E-state index in [-0.39, 0.29) is 25.5 Å². The van der Waals surface area contributed by atoms with Gasteiger partial charge >= 0.3 is 5.97 Å². The Bertz CT molecular complexity index is 687. The van der Waals surface area contributed by atoms with Crippen molar-refractivity contribution in [2.24, 2.45) is 0 Å². The summed E-state index contributed by atoms with van der Waals surface area (Å²) >= 11 is 0. The van der Waals surface area contributed by atoms with Crippen LogP contribution in [0.4, 0.5) is 0 Å². The Morgan fingerprint density at radius 1 is 0.778 bits per heavy atom. The van der Waals surface area contributed by atoms with Crippen molar-refractivity contribution >= 4 is 22.0 Å². The molecule has 5 N–H and O–H groups in total. The summed E-state index contributed by atoms with van der Waals surface area (Å²) in [6.45, 7) is 3.66. The van der Waals surface area contributed by atoms with E-state index in [1.807, 2.05) is 6.92 Å². The van der Waals surface area contributed by atoms with Crippen molar-refractivity contribution in [3.8, 4) is 0 Å². The van der Waals surface area contributed by atoms with E-state index in [9.17, 15) is 33.3 Å². The number of aliphatic hydroxyl groups excluding tert-OH is 3. The van der Waals surface area contributed by atoms with Crippen LogP contribution in [-0.4, -0.2) is 76.9 Å². The summed E-state index contributed by atoms with van der Waals surface area (Å²) in [7, 11) is -4.26. The summed E-state index contributed by atoms with van der Waals surface area (Å²) in [5, 5.41) is 32.8. The number of rotatable bonds is 23. The van der Waals surface area contributed by atoms with Gasteiger partial charge in [-0.15, -0.1) is 0 Å². The van der Waals surface area contributed by atoms with Gasteiger partial charge in [0.15, 0.2) is 6.10 Å². The molecule has 0 saturated carbocycles. The summed E-state index contributed by atoms with van der Waals surface area (Å²) in [5.74, 6) is -2.13. The summed E-state index contributed by atoms with van der Waals surface area (Å²) in [5.41, 5.74) is 0. The van der Waals surface area contributed by atoms with Gasteiger partial charge in [0, 0.05) is 13.0 Å². The van der Waals surface area contributed by atoms with Crippen LogP contribution < -0.4 is 5.32 Å². The minimum atomic E-state index is -4.26. The van der Waals surface area contributed by atoms with E-state index >= 15 is 0 Å². The number of ether oxygens (including phenoxy) is 1. The molecule has 0 aliphatic rings. The van der Waals surface area contributed by atoms with Crippen LogP contribution in [-0.2, 0) is 24.4 Å². The third-order valence-corrected chi connectivity index (χ3v) is 6.76. The fourth-order valence-electron chi connectivity index (χ4n) is 3.82. The number of unbranched alkanes of at least 4 members (excludes halogenated alkanes) is 5. The molecular formula is C25H49NO9S. The molecule has 0 aliphatic carbocycles. The van der Waals surface area contributed by atoms with Crippen LogP contribution in [0.15, 0.2) is 0 Å². The Hall–Kier alpha value is -1.27. The van der Waals surface area contributed by atoms with Crippen molar-refractivity contribution in [3.63, 3.8) is 0 Å². The number of hydrogen-bond donors (Lipinski definition) is 5. The van der Waals surface area contributed by atoms with Crippen LogP contribution in [0, 0.1) is 0 Å². The highest BCUT2D eigenvalue weighted by Gasteiger charge is 2.29. The molecule has 0 saturated heterocycles. The van der Waals surface area contributed by atoms with Gasteiger partial charge in [0.2, 0.25) is 0 Å². The van der Waals surface area contributed by atoms with Gasteiger partial charge in [-0.2, -0.15) is 8.42 Å². The molecule has 0 aromatic heterocycles. The van der Waals surface area contributed by atoms with Crippen molar-refractivity contribution < 1.29 is 42.6 Å². The molecule has 0 fully saturated rings. The Kier molecular flexibility index (Phi) is 20.0. The number of hydrogen-bond acceptors (Lipinski definition) is 8. The number of carbonyl (C=O) groups is 2. The fraction of sp³-hybridized carbons (Fsp3) is 0.920. The van der Waals surface area contributed by atoms with E-state index < -0.39 is 46.1 Å². The van der Waals surface area contributed by atoms with Gasteiger partial charge in [0.1, 0.15) is 6.10 Å². The van der Waals surface area contributed by atoms with Gasteiger partial charge in [-0.1, -0.05) is 58.8 Å². The summed E-state index contributed by atoms with van der Waals surface area (Å²) in [6.07, 6.45) is 7.09. The molecule has 10 nitrogen and oxygen atoms in total. The van der Waals surface area contributed by atoms with E-state index in [1.54, 1.807) is 0 Å². The van der Waals surface area contributed by atoms with Crippen molar-refractivity contribution in [3.05, 3.63) is 0 Å². The second kappa shape index (κ2) is 20.7. The zero-order chi connectivity index (χ0) is 27.4. The highest BCUT2D eigenvalue weighted by atomic mass is 32.2. The number of nitrogens with one attached hydrogen (secondary N) is 1. The van der Waals surface area contributed by atoms with E-state index in [0.717, 1.165) is 57.8 Å². The lowest BCUT2D eigenvalue weighted by Gasteiger charge is -2.23. The summed E-state index contributed by atoms with van der Waals surface area (Å²) in [4.78, 5) is 24.3. The van der Waals surface area contributed by atoms with Crippen molar-refractivity contribution in [2.75, 3.05) is 12.3 Å². The van der Waals surface area contributed by atoms with Crippen LogP contribution in [0.5, 0.6) is 0 Å². The third-order valence-electron chi connectivity index (χ3n) is 6.04. The predicted molar refractivity (Wildman–Crippen MR) is 138 cm³/mol. The van der Waals surface area contributed by atoms with Gasteiger partial charge < -0.3 is 25.4 Å². The highest BCUT2D eigenvalue weighted by molar-refractivity contribution is 7.85. The monoisotopic (exact) mass is 539 g/mol. The minimum absolute atomic E-state index is 0.153. The average molecular weight is 540 g/mol. The Labute approximate surface area is 216 Å². The van der Waals surface area contributed by atoms with Gasteiger partial charge in [0.25, 0.3) is 16.0 Å². The Morgan fingerprint density at radius 2 is 1.31 bits per heavy atom. The maximum Gasteiger partial charge on any atom is 0.306 e. The maximum atomic E-state index is 12.2. The Balaban J connectivity index is 4.45. The molecule has 0 radical (unpaired) electrons. The van der Waals surface area contributed by atoms with Crippen molar-refractivity contribution in [1.82, 2.24) is 5.32 Å². The first-order valence-corrected chi connectivity index (χ1v) is 15.1. The van der Waals surface area contributed by atoms with E-state index in [4.69, 9.17) is 9.29 Å². The maximum absolute atomic E-state index is 12.2. The van der Waals surface area contributed by atoms with Crippen LogP contribution in [0.3, 0.4) is 0 Å². The van der Waals surface area contributed by atoms with Crippen LogP contribution in [0.2, 0.25) is 0 Å². The van der Waals surface area contributed by atoms with Crippen molar-refractivity contribution in [1.29, 1.82) is 0 Å². The molecule has 0 unspecified atom stereocenters. The topological polar surface area (TPSA) is 170 Å². The molecule has 36 heavy (non-hydrogen) atoms. The first kappa shape index (κ1) is 34.7. The normalized spacial score (nSPS) is 15.2. The van der Waals surface area contributed by atoms with E-state index in [1.165, 1.54) is 0 Å². The zero-order valence-corrected chi connectivity index (χ0v) is 22.9. The molecule has 0 spiro atoms. The molecule has 0 bridgehead atoms. The van der Waals surface area contributed by atoms with Crippen molar-refractivity contribution in [2.45, 2.75) is 135 Å². The van der Waals surface area contributed by atoms with Gasteiger partial charge in [-0.3, -0.25) is 14.1 Å². The molecule has 4 atom stereocenters. The summed E-state index contributed by atoms with van der Waals surface area (Å²) in [6, 6.07) is 0. The van der Waals surface area contributed by atoms with Crippen LogP contribution in [0.25, 0.3) is 0 Å². The van der Waals surface area contributed by atoms with Gasteiger partial charge in [-0.05, 0) is 44.9 Å². The summed E-state index contributed by atoms with van der Waals surface area (Å²) < 4.78 is 35.7.